The summed E-state index contributed by atoms with van der Waals surface area (Å²) < 4.78 is 5.90. The summed E-state index contributed by atoms with van der Waals surface area (Å²) in [7, 11) is 0. The molecule has 1 aromatic carbocycles. The Morgan fingerprint density at radius 1 is 1.16 bits per heavy atom. The Morgan fingerprint density at radius 3 is 2.63 bits per heavy atom. The molecule has 0 spiro atoms. The van der Waals surface area contributed by atoms with Crippen molar-refractivity contribution in [1.82, 2.24) is 4.98 Å². The van der Waals surface area contributed by atoms with E-state index in [9.17, 15) is 0 Å². The molecule has 2 rings (SSSR count). The fourth-order valence-electron chi connectivity index (χ4n) is 1.76. The zero-order valence-corrected chi connectivity index (χ0v) is 13.1. The summed E-state index contributed by atoms with van der Waals surface area (Å²) in [4.78, 5) is 4.28. The van der Waals surface area contributed by atoms with Crippen molar-refractivity contribution in [2.24, 2.45) is 0 Å². The van der Waals surface area contributed by atoms with Crippen LogP contribution in [0.5, 0.6) is 11.6 Å². The van der Waals surface area contributed by atoms with Crippen LogP contribution in [0.25, 0.3) is 0 Å². The van der Waals surface area contributed by atoms with E-state index in [4.69, 9.17) is 4.74 Å². The minimum atomic E-state index is 0.113. The highest BCUT2D eigenvalue weighted by molar-refractivity contribution is 9.08. The zero-order chi connectivity index (χ0) is 13.9. The molecular formula is C16H18BrNO. The molecular weight excluding hydrogens is 302 g/mol. The smallest absolute Gasteiger partial charge is 0.223 e. The first-order chi connectivity index (χ1) is 9.00. The lowest BCUT2D eigenvalue weighted by molar-refractivity contribution is 0.455. The normalized spacial score (nSPS) is 11.4. The number of halogens is 1. The number of ether oxygens (including phenoxy) is 1. The first-order valence-corrected chi connectivity index (χ1v) is 7.41. The van der Waals surface area contributed by atoms with Gasteiger partial charge in [0.2, 0.25) is 5.88 Å². The van der Waals surface area contributed by atoms with Crippen LogP contribution in [0, 0.1) is 0 Å². The molecule has 0 unspecified atom stereocenters. The molecule has 0 fully saturated rings. The lowest BCUT2D eigenvalue weighted by atomic mass is 9.87. The molecule has 19 heavy (non-hydrogen) atoms. The Hall–Kier alpha value is -1.35. The van der Waals surface area contributed by atoms with Gasteiger partial charge in [-0.2, -0.15) is 0 Å². The topological polar surface area (TPSA) is 22.1 Å². The maximum absolute atomic E-state index is 5.90. The molecule has 0 radical (unpaired) electrons. The van der Waals surface area contributed by atoms with E-state index in [1.165, 1.54) is 5.56 Å². The van der Waals surface area contributed by atoms with Gasteiger partial charge >= 0.3 is 0 Å². The predicted octanol–water partition coefficient (Wildman–Crippen LogP) is 5.07. The summed E-state index contributed by atoms with van der Waals surface area (Å²) in [5.41, 5.74) is 2.41. The molecule has 0 atom stereocenters. The Bertz CT molecular complexity index is 561. The molecule has 0 bridgehead atoms. The molecule has 0 aliphatic rings. The van der Waals surface area contributed by atoms with Gasteiger partial charge in [-0.15, -0.1) is 0 Å². The first-order valence-electron chi connectivity index (χ1n) is 6.29. The Balaban J connectivity index is 2.29. The summed E-state index contributed by atoms with van der Waals surface area (Å²) in [6, 6.07) is 12.1. The van der Waals surface area contributed by atoms with Crippen molar-refractivity contribution in [3.63, 3.8) is 0 Å². The molecule has 0 saturated heterocycles. The van der Waals surface area contributed by atoms with E-state index in [-0.39, 0.29) is 5.41 Å². The monoisotopic (exact) mass is 319 g/mol. The summed E-state index contributed by atoms with van der Waals surface area (Å²) in [5.74, 6) is 1.48. The standard InChI is InChI=1S/C16H18BrNO/c1-16(2,3)13-7-4-8-14(10-13)19-15-12(11-17)6-5-9-18-15/h4-10H,11H2,1-3H3. The molecule has 0 saturated carbocycles. The van der Waals surface area contributed by atoms with Crippen molar-refractivity contribution in [3.05, 3.63) is 53.7 Å². The minimum Gasteiger partial charge on any atom is -0.439 e. The van der Waals surface area contributed by atoms with Crippen LogP contribution < -0.4 is 4.74 Å². The largest absolute Gasteiger partial charge is 0.439 e. The number of benzene rings is 1. The van der Waals surface area contributed by atoms with Gasteiger partial charge in [0.05, 0.1) is 0 Å². The molecule has 0 N–H and O–H groups in total. The van der Waals surface area contributed by atoms with Crippen molar-refractivity contribution >= 4 is 15.9 Å². The van der Waals surface area contributed by atoms with Crippen molar-refractivity contribution in [2.45, 2.75) is 31.5 Å². The van der Waals surface area contributed by atoms with Gasteiger partial charge in [0.15, 0.2) is 0 Å². The molecule has 0 amide bonds. The lowest BCUT2D eigenvalue weighted by Gasteiger charge is -2.19. The summed E-state index contributed by atoms with van der Waals surface area (Å²) in [5, 5.41) is 0.731. The zero-order valence-electron chi connectivity index (χ0n) is 11.5. The van der Waals surface area contributed by atoms with E-state index in [2.05, 4.69) is 53.8 Å². The van der Waals surface area contributed by atoms with E-state index in [0.717, 1.165) is 16.6 Å². The summed E-state index contributed by atoms with van der Waals surface area (Å²) >= 11 is 3.45. The van der Waals surface area contributed by atoms with E-state index in [1.54, 1.807) is 6.20 Å². The average molecular weight is 320 g/mol. The third kappa shape index (κ3) is 3.57. The maximum Gasteiger partial charge on any atom is 0.223 e. The molecule has 1 aromatic heterocycles. The highest BCUT2D eigenvalue weighted by Gasteiger charge is 2.14. The second kappa shape index (κ2) is 5.74. The molecule has 2 nitrogen and oxygen atoms in total. The number of alkyl halides is 1. The minimum absolute atomic E-state index is 0.113. The van der Waals surface area contributed by atoms with Gasteiger partial charge in [0.25, 0.3) is 0 Å². The Labute approximate surface area is 123 Å². The molecule has 100 valence electrons. The number of nitrogens with zero attached hydrogens (tertiary/aromatic N) is 1. The van der Waals surface area contributed by atoms with E-state index in [1.807, 2.05) is 24.3 Å². The number of hydrogen-bond donors (Lipinski definition) is 0. The van der Waals surface area contributed by atoms with Crippen LogP contribution >= 0.6 is 15.9 Å². The number of rotatable bonds is 3. The van der Waals surface area contributed by atoms with Crippen LogP contribution in [-0.4, -0.2) is 4.98 Å². The molecule has 3 heteroatoms. The second-order valence-corrected chi connectivity index (χ2v) is 6.04. The highest BCUT2D eigenvalue weighted by Crippen LogP contribution is 2.29. The van der Waals surface area contributed by atoms with Crippen LogP contribution in [0.3, 0.4) is 0 Å². The fourth-order valence-corrected chi connectivity index (χ4v) is 2.18. The maximum atomic E-state index is 5.90. The first kappa shape index (κ1) is 14.1. The van der Waals surface area contributed by atoms with Gasteiger partial charge in [-0.1, -0.05) is 54.9 Å². The van der Waals surface area contributed by atoms with Crippen LogP contribution in [0.4, 0.5) is 0 Å². The summed E-state index contributed by atoms with van der Waals surface area (Å²) in [6.45, 7) is 6.57. The summed E-state index contributed by atoms with van der Waals surface area (Å²) in [6.07, 6.45) is 1.75. The van der Waals surface area contributed by atoms with E-state index < -0.39 is 0 Å². The number of pyridine rings is 1. The van der Waals surface area contributed by atoms with Gasteiger partial charge in [0.1, 0.15) is 5.75 Å². The molecule has 0 aliphatic carbocycles. The van der Waals surface area contributed by atoms with E-state index in [0.29, 0.717) is 5.88 Å². The van der Waals surface area contributed by atoms with Gasteiger partial charge in [0, 0.05) is 17.1 Å². The molecule has 2 aromatic rings. The SMILES string of the molecule is CC(C)(C)c1cccc(Oc2ncccc2CBr)c1. The van der Waals surface area contributed by atoms with Crippen molar-refractivity contribution in [2.75, 3.05) is 0 Å². The van der Waals surface area contributed by atoms with Crippen LogP contribution in [-0.2, 0) is 10.7 Å². The quantitative estimate of drug-likeness (QED) is 0.737. The fraction of sp³-hybridized carbons (Fsp3) is 0.312. The highest BCUT2D eigenvalue weighted by atomic mass is 79.9. The van der Waals surface area contributed by atoms with Crippen molar-refractivity contribution < 1.29 is 4.74 Å². The van der Waals surface area contributed by atoms with Gasteiger partial charge < -0.3 is 4.74 Å². The van der Waals surface area contributed by atoms with Crippen LogP contribution in [0.1, 0.15) is 31.9 Å². The van der Waals surface area contributed by atoms with Crippen molar-refractivity contribution in [1.29, 1.82) is 0 Å². The third-order valence-corrected chi connectivity index (χ3v) is 3.51. The Morgan fingerprint density at radius 2 is 1.95 bits per heavy atom. The van der Waals surface area contributed by atoms with Gasteiger partial charge in [-0.3, -0.25) is 0 Å². The van der Waals surface area contributed by atoms with Crippen LogP contribution in [0.15, 0.2) is 42.6 Å². The third-order valence-electron chi connectivity index (χ3n) is 2.91. The number of aromatic nitrogens is 1. The molecule has 0 aliphatic heterocycles. The average Bonchev–Trinajstić information content (AvgIpc) is 2.39. The second-order valence-electron chi connectivity index (χ2n) is 5.48. The van der Waals surface area contributed by atoms with Gasteiger partial charge in [-0.25, -0.2) is 4.98 Å². The predicted molar refractivity (Wildman–Crippen MR) is 82.1 cm³/mol. The lowest BCUT2D eigenvalue weighted by Crippen LogP contribution is -2.10. The van der Waals surface area contributed by atoms with E-state index >= 15 is 0 Å². The van der Waals surface area contributed by atoms with Crippen molar-refractivity contribution in [3.8, 4) is 11.6 Å². The molecule has 1 heterocycles. The Kier molecular flexibility index (Phi) is 4.25. The van der Waals surface area contributed by atoms with Gasteiger partial charge in [-0.05, 0) is 29.2 Å². The number of hydrogen-bond acceptors (Lipinski definition) is 2. The van der Waals surface area contributed by atoms with Crippen LogP contribution in [0.2, 0.25) is 0 Å².